The van der Waals surface area contributed by atoms with E-state index in [1.807, 2.05) is 0 Å². The molecule has 8 nitrogen and oxygen atoms in total. The number of carbonyl (C=O) groups excluding carboxylic acids is 2. The van der Waals surface area contributed by atoms with E-state index < -0.39 is 5.91 Å². The molecule has 1 heterocycles. The van der Waals surface area contributed by atoms with Crippen LogP contribution in [-0.4, -0.2) is 64.3 Å². The Morgan fingerprint density at radius 2 is 1.69 bits per heavy atom. The summed E-state index contributed by atoms with van der Waals surface area (Å²) in [6.45, 7) is 1.69. The lowest BCUT2D eigenvalue weighted by molar-refractivity contribution is -0.131. The van der Waals surface area contributed by atoms with Crippen molar-refractivity contribution < 1.29 is 28.5 Å². The van der Waals surface area contributed by atoms with Gasteiger partial charge in [-0.1, -0.05) is 23.7 Å². The standard InChI is InChI=1S/C23H25ClN2O6/c1-29-19-9-8-15(20(30-2)21(19)31-3)14-18(23(28)26-10-12-32-13-11-26)25-22(27)16-6-4-5-7-17(16)24/h4-9,14H,10-13H2,1-3H3,(H,25,27)/b18-14+. The van der Waals surface area contributed by atoms with Gasteiger partial charge in [0.05, 0.1) is 45.1 Å². The first-order valence-corrected chi connectivity index (χ1v) is 10.3. The van der Waals surface area contributed by atoms with Crippen LogP contribution in [0.25, 0.3) is 6.08 Å². The molecule has 0 aliphatic carbocycles. The first-order valence-electron chi connectivity index (χ1n) is 9.93. The van der Waals surface area contributed by atoms with Gasteiger partial charge in [-0.3, -0.25) is 9.59 Å². The highest BCUT2D eigenvalue weighted by Crippen LogP contribution is 2.40. The molecule has 32 heavy (non-hydrogen) atoms. The topological polar surface area (TPSA) is 86.3 Å². The van der Waals surface area contributed by atoms with Crippen molar-refractivity contribution in [2.24, 2.45) is 0 Å². The van der Waals surface area contributed by atoms with E-state index in [0.29, 0.717) is 49.1 Å². The number of ether oxygens (including phenoxy) is 4. The molecule has 0 saturated carbocycles. The zero-order valence-corrected chi connectivity index (χ0v) is 18.9. The third-order valence-electron chi connectivity index (χ3n) is 4.93. The van der Waals surface area contributed by atoms with Crippen molar-refractivity contribution in [2.75, 3.05) is 47.6 Å². The van der Waals surface area contributed by atoms with E-state index in [0.717, 1.165) is 0 Å². The first kappa shape index (κ1) is 23.4. The minimum absolute atomic E-state index is 0.0716. The van der Waals surface area contributed by atoms with Gasteiger partial charge in [-0.15, -0.1) is 0 Å². The Kier molecular flexibility index (Phi) is 7.97. The molecule has 0 unspecified atom stereocenters. The summed E-state index contributed by atoms with van der Waals surface area (Å²) in [4.78, 5) is 27.8. The predicted molar refractivity (Wildman–Crippen MR) is 120 cm³/mol. The molecule has 9 heteroatoms. The average molecular weight is 461 g/mol. The van der Waals surface area contributed by atoms with Crippen molar-refractivity contribution in [3.63, 3.8) is 0 Å². The van der Waals surface area contributed by atoms with Crippen LogP contribution in [0.5, 0.6) is 17.2 Å². The van der Waals surface area contributed by atoms with Gasteiger partial charge in [0, 0.05) is 18.7 Å². The number of hydrogen-bond donors (Lipinski definition) is 1. The molecule has 2 aromatic rings. The largest absolute Gasteiger partial charge is 0.493 e. The van der Waals surface area contributed by atoms with E-state index >= 15 is 0 Å². The normalized spacial score (nSPS) is 14.0. The van der Waals surface area contributed by atoms with Crippen molar-refractivity contribution in [1.82, 2.24) is 10.2 Å². The molecule has 0 radical (unpaired) electrons. The summed E-state index contributed by atoms with van der Waals surface area (Å²) in [6, 6.07) is 10.0. The maximum Gasteiger partial charge on any atom is 0.270 e. The summed E-state index contributed by atoms with van der Waals surface area (Å²) in [7, 11) is 4.50. The monoisotopic (exact) mass is 460 g/mol. The Hall–Kier alpha value is -3.23. The Morgan fingerprint density at radius 1 is 1.00 bits per heavy atom. The molecule has 1 saturated heterocycles. The van der Waals surface area contributed by atoms with Gasteiger partial charge in [-0.25, -0.2) is 0 Å². The van der Waals surface area contributed by atoms with Crippen LogP contribution in [0.4, 0.5) is 0 Å². The van der Waals surface area contributed by atoms with Crippen LogP contribution >= 0.6 is 11.6 Å². The highest BCUT2D eigenvalue weighted by molar-refractivity contribution is 6.34. The van der Waals surface area contributed by atoms with E-state index in [9.17, 15) is 9.59 Å². The van der Waals surface area contributed by atoms with Crippen LogP contribution in [0.1, 0.15) is 15.9 Å². The number of methoxy groups -OCH3 is 3. The van der Waals surface area contributed by atoms with E-state index in [-0.39, 0.29) is 22.2 Å². The van der Waals surface area contributed by atoms with Crippen LogP contribution in [0.15, 0.2) is 42.1 Å². The summed E-state index contributed by atoms with van der Waals surface area (Å²) in [5.74, 6) is 0.376. The molecule has 2 amide bonds. The van der Waals surface area contributed by atoms with Gasteiger partial charge in [0.1, 0.15) is 5.70 Å². The summed E-state index contributed by atoms with van der Waals surface area (Å²) in [6.07, 6.45) is 1.55. The molecule has 1 aliphatic rings. The lowest BCUT2D eigenvalue weighted by Gasteiger charge is -2.28. The number of morpholine rings is 1. The summed E-state index contributed by atoms with van der Waals surface area (Å²) in [5.41, 5.74) is 0.859. The van der Waals surface area contributed by atoms with Gasteiger partial charge in [0.15, 0.2) is 11.5 Å². The minimum atomic E-state index is -0.497. The second-order valence-corrected chi connectivity index (χ2v) is 7.23. The number of benzene rings is 2. The smallest absolute Gasteiger partial charge is 0.270 e. The van der Waals surface area contributed by atoms with E-state index in [1.54, 1.807) is 47.4 Å². The fraction of sp³-hybridized carbons (Fsp3) is 0.304. The number of carbonyl (C=O) groups is 2. The Balaban J connectivity index is 2.04. The quantitative estimate of drug-likeness (QED) is 0.639. The van der Waals surface area contributed by atoms with Gasteiger partial charge in [0.25, 0.3) is 11.8 Å². The van der Waals surface area contributed by atoms with E-state index in [1.165, 1.54) is 21.3 Å². The average Bonchev–Trinajstić information content (AvgIpc) is 2.83. The predicted octanol–water partition coefficient (Wildman–Crippen LogP) is 3.00. The lowest BCUT2D eigenvalue weighted by atomic mass is 10.1. The van der Waals surface area contributed by atoms with E-state index in [2.05, 4.69) is 5.32 Å². The number of nitrogens with one attached hydrogen (secondary N) is 1. The maximum absolute atomic E-state index is 13.3. The number of rotatable bonds is 7. The SMILES string of the molecule is COc1ccc(/C=C(/NC(=O)c2ccccc2Cl)C(=O)N2CCOCC2)c(OC)c1OC. The summed E-state index contributed by atoms with van der Waals surface area (Å²) in [5, 5.41) is 3.00. The van der Waals surface area contributed by atoms with Crippen molar-refractivity contribution >= 4 is 29.5 Å². The number of amides is 2. The third kappa shape index (κ3) is 5.15. The molecule has 0 spiro atoms. The molecular weight excluding hydrogens is 436 g/mol. The fourth-order valence-corrected chi connectivity index (χ4v) is 3.54. The van der Waals surface area contributed by atoms with Crippen molar-refractivity contribution in [3.8, 4) is 17.2 Å². The van der Waals surface area contributed by atoms with Crippen molar-refractivity contribution in [3.05, 3.63) is 58.2 Å². The third-order valence-corrected chi connectivity index (χ3v) is 5.26. The number of hydrogen-bond acceptors (Lipinski definition) is 6. The zero-order valence-electron chi connectivity index (χ0n) is 18.1. The van der Waals surface area contributed by atoms with Crippen LogP contribution in [0, 0.1) is 0 Å². The lowest BCUT2D eigenvalue weighted by Crippen LogP contribution is -2.44. The van der Waals surface area contributed by atoms with Crippen LogP contribution in [-0.2, 0) is 9.53 Å². The Labute approximate surface area is 191 Å². The van der Waals surface area contributed by atoms with Gasteiger partial charge in [-0.2, -0.15) is 0 Å². The highest BCUT2D eigenvalue weighted by atomic mass is 35.5. The molecule has 170 valence electrons. The molecule has 0 bridgehead atoms. The van der Waals surface area contributed by atoms with Gasteiger partial charge in [-0.05, 0) is 30.3 Å². The highest BCUT2D eigenvalue weighted by Gasteiger charge is 2.24. The molecule has 0 atom stereocenters. The molecule has 1 fully saturated rings. The minimum Gasteiger partial charge on any atom is -0.493 e. The van der Waals surface area contributed by atoms with Crippen molar-refractivity contribution in [1.29, 1.82) is 0 Å². The van der Waals surface area contributed by atoms with Gasteiger partial charge >= 0.3 is 0 Å². The molecule has 0 aromatic heterocycles. The molecule has 1 N–H and O–H groups in total. The fourth-order valence-electron chi connectivity index (χ4n) is 3.32. The first-order chi connectivity index (χ1) is 15.5. The number of halogens is 1. The molecule has 2 aromatic carbocycles. The summed E-state index contributed by atoms with van der Waals surface area (Å²) >= 11 is 6.17. The Bertz CT molecular complexity index is 1020. The van der Waals surface area contributed by atoms with Crippen LogP contribution in [0.3, 0.4) is 0 Å². The second kappa shape index (κ2) is 10.9. The van der Waals surface area contributed by atoms with E-state index in [4.69, 9.17) is 30.5 Å². The molecule has 3 rings (SSSR count). The molecule has 1 aliphatic heterocycles. The summed E-state index contributed by atoms with van der Waals surface area (Å²) < 4.78 is 21.6. The van der Waals surface area contributed by atoms with Gasteiger partial charge in [0.2, 0.25) is 5.75 Å². The Morgan fingerprint density at radius 3 is 2.31 bits per heavy atom. The maximum atomic E-state index is 13.3. The van der Waals surface area contributed by atoms with Crippen molar-refractivity contribution in [2.45, 2.75) is 0 Å². The van der Waals surface area contributed by atoms with Crippen LogP contribution in [0.2, 0.25) is 5.02 Å². The molecular formula is C23H25ClN2O6. The number of nitrogens with zero attached hydrogens (tertiary/aromatic N) is 1. The van der Waals surface area contributed by atoms with Crippen LogP contribution < -0.4 is 19.5 Å². The second-order valence-electron chi connectivity index (χ2n) is 6.82. The zero-order chi connectivity index (χ0) is 23.1. The van der Waals surface area contributed by atoms with Gasteiger partial charge < -0.3 is 29.2 Å².